The molecule has 0 bridgehead atoms. The molecule has 1 fully saturated rings. The van der Waals surface area contributed by atoms with Crippen molar-refractivity contribution >= 4 is 0 Å². The zero-order chi connectivity index (χ0) is 12.3. The van der Waals surface area contributed by atoms with E-state index in [1.54, 1.807) is 13.2 Å². The quantitative estimate of drug-likeness (QED) is 0.874. The number of nitrogens with two attached hydrogens (primary N) is 1. The lowest BCUT2D eigenvalue weighted by Crippen LogP contribution is -2.32. The molecule has 0 spiro atoms. The first-order valence-electron chi connectivity index (χ1n) is 6.20. The summed E-state index contributed by atoms with van der Waals surface area (Å²) in [5.41, 5.74) is 7.81. The molecule has 1 aromatic carbocycles. The number of ether oxygens (including phenoxy) is 1. The molecule has 0 aromatic heterocycles. The molecule has 0 heterocycles. The van der Waals surface area contributed by atoms with E-state index in [9.17, 15) is 4.39 Å². The van der Waals surface area contributed by atoms with Gasteiger partial charge in [0.2, 0.25) is 0 Å². The Morgan fingerprint density at radius 2 is 2.06 bits per heavy atom. The summed E-state index contributed by atoms with van der Waals surface area (Å²) < 4.78 is 18.6. The van der Waals surface area contributed by atoms with Gasteiger partial charge < -0.3 is 10.5 Å². The maximum absolute atomic E-state index is 13.6. The van der Waals surface area contributed by atoms with Crippen molar-refractivity contribution in [2.75, 3.05) is 13.7 Å². The molecule has 2 nitrogen and oxygen atoms in total. The molecule has 1 aliphatic carbocycles. The Morgan fingerprint density at radius 3 is 2.65 bits per heavy atom. The second-order valence-corrected chi connectivity index (χ2v) is 4.93. The van der Waals surface area contributed by atoms with E-state index in [0.717, 1.165) is 12.8 Å². The van der Waals surface area contributed by atoms with Crippen molar-refractivity contribution in [3.05, 3.63) is 35.1 Å². The van der Waals surface area contributed by atoms with Gasteiger partial charge in [-0.25, -0.2) is 4.39 Å². The first kappa shape index (κ1) is 12.5. The number of hydrogen-bond acceptors (Lipinski definition) is 2. The maximum Gasteiger partial charge on any atom is 0.128 e. The van der Waals surface area contributed by atoms with E-state index in [0.29, 0.717) is 18.7 Å². The lowest BCUT2D eigenvalue weighted by Gasteiger charge is -2.28. The van der Waals surface area contributed by atoms with Gasteiger partial charge in [-0.2, -0.15) is 0 Å². The SMILES string of the molecule is COCc1cc(C2(CN)CCCC2)ccc1F. The lowest BCUT2D eigenvalue weighted by atomic mass is 9.78. The van der Waals surface area contributed by atoms with Crippen molar-refractivity contribution in [3.8, 4) is 0 Å². The molecule has 1 aliphatic rings. The van der Waals surface area contributed by atoms with Crippen LogP contribution in [-0.2, 0) is 16.8 Å². The van der Waals surface area contributed by atoms with Crippen LogP contribution < -0.4 is 5.73 Å². The van der Waals surface area contributed by atoms with Crippen LogP contribution in [0, 0.1) is 5.82 Å². The van der Waals surface area contributed by atoms with Crippen molar-refractivity contribution in [3.63, 3.8) is 0 Å². The topological polar surface area (TPSA) is 35.2 Å². The standard InChI is InChI=1S/C14H20FNO/c1-17-9-11-8-12(4-5-13(11)15)14(10-16)6-2-3-7-14/h4-5,8H,2-3,6-7,9-10,16H2,1H3. The van der Waals surface area contributed by atoms with E-state index >= 15 is 0 Å². The van der Waals surface area contributed by atoms with E-state index in [1.807, 2.05) is 12.1 Å². The van der Waals surface area contributed by atoms with Crippen LogP contribution in [0.4, 0.5) is 4.39 Å². The summed E-state index contributed by atoms with van der Waals surface area (Å²) in [5.74, 6) is -0.194. The van der Waals surface area contributed by atoms with Gasteiger partial charge in [-0.1, -0.05) is 18.9 Å². The minimum Gasteiger partial charge on any atom is -0.380 e. The van der Waals surface area contributed by atoms with Gasteiger partial charge in [-0.3, -0.25) is 0 Å². The highest BCUT2D eigenvalue weighted by molar-refractivity contribution is 5.32. The highest BCUT2D eigenvalue weighted by atomic mass is 19.1. The van der Waals surface area contributed by atoms with Gasteiger partial charge in [-0.05, 0) is 30.5 Å². The van der Waals surface area contributed by atoms with Gasteiger partial charge in [0.05, 0.1) is 6.61 Å². The van der Waals surface area contributed by atoms with Crippen LogP contribution in [0.15, 0.2) is 18.2 Å². The molecule has 3 heteroatoms. The Labute approximate surface area is 102 Å². The predicted octanol–water partition coefficient (Wildman–Crippen LogP) is 2.74. The average molecular weight is 237 g/mol. The molecule has 1 aromatic rings. The summed E-state index contributed by atoms with van der Waals surface area (Å²) >= 11 is 0. The Hall–Kier alpha value is -0.930. The fraction of sp³-hybridized carbons (Fsp3) is 0.571. The second-order valence-electron chi connectivity index (χ2n) is 4.93. The zero-order valence-electron chi connectivity index (χ0n) is 10.3. The normalized spacial score (nSPS) is 18.5. The summed E-state index contributed by atoms with van der Waals surface area (Å²) in [6.07, 6.45) is 4.66. The molecule has 0 atom stereocenters. The van der Waals surface area contributed by atoms with E-state index in [2.05, 4.69) is 0 Å². The molecular weight excluding hydrogens is 217 g/mol. The second kappa shape index (κ2) is 5.15. The number of rotatable bonds is 4. The summed E-state index contributed by atoms with van der Waals surface area (Å²) in [6, 6.07) is 5.35. The molecule has 2 rings (SSSR count). The fourth-order valence-corrected chi connectivity index (χ4v) is 2.83. The monoisotopic (exact) mass is 237 g/mol. The third-order valence-corrected chi connectivity index (χ3v) is 3.91. The highest BCUT2D eigenvalue weighted by Gasteiger charge is 2.34. The van der Waals surface area contributed by atoms with Gasteiger partial charge in [0.1, 0.15) is 5.82 Å². The van der Waals surface area contributed by atoms with Crippen molar-refractivity contribution in [2.24, 2.45) is 5.73 Å². The highest BCUT2D eigenvalue weighted by Crippen LogP contribution is 2.40. The van der Waals surface area contributed by atoms with Gasteiger partial charge in [-0.15, -0.1) is 0 Å². The number of methoxy groups -OCH3 is 1. The average Bonchev–Trinajstić information content (AvgIpc) is 2.82. The molecule has 94 valence electrons. The first-order valence-corrected chi connectivity index (χ1v) is 6.20. The van der Waals surface area contributed by atoms with Crippen molar-refractivity contribution < 1.29 is 9.13 Å². The van der Waals surface area contributed by atoms with E-state index in [4.69, 9.17) is 10.5 Å². The third-order valence-electron chi connectivity index (χ3n) is 3.91. The van der Waals surface area contributed by atoms with Crippen molar-refractivity contribution in [1.82, 2.24) is 0 Å². The first-order chi connectivity index (χ1) is 8.22. The molecule has 0 aliphatic heterocycles. The maximum atomic E-state index is 13.6. The van der Waals surface area contributed by atoms with Crippen LogP contribution in [0.3, 0.4) is 0 Å². The van der Waals surface area contributed by atoms with E-state index in [-0.39, 0.29) is 11.2 Å². The van der Waals surface area contributed by atoms with Gasteiger partial charge in [0, 0.05) is 24.6 Å². The minimum atomic E-state index is -0.194. The van der Waals surface area contributed by atoms with E-state index in [1.165, 1.54) is 18.4 Å². The summed E-state index contributed by atoms with van der Waals surface area (Å²) in [5, 5.41) is 0. The fourth-order valence-electron chi connectivity index (χ4n) is 2.83. The van der Waals surface area contributed by atoms with Crippen LogP contribution >= 0.6 is 0 Å². The van der Waals surface area contributed by atoms with Crippen LogP contribution in [-0.4, -0.2) is 13.7 Å². The van der Waals surface area contributed by atoms with E-state index < -0.39 is 0 Å². The summed E-state index contributed by atoms with van der Waals surface area (Å²) in [6.45, 7) is 0.964. The molecule has 0 amide bonds. The Morgan fingerprint density at radius 1 is 1.35 bits per heavy atom. The van der Waals surface area contributed by atoms with Crippen LogP contribution in [0.5, 0.6) is 0 Å². The van der Waals surface area contributed by atoms with Crippen LogP contribution in [0.1, 0.15) is 36.8 Å². The van der Waals surface area contributed by atoms with Gasteiger partial charge in [0.15, 0.2) is 0 Å². The van der Waals surface area contributed by atoms with Gasteiger partial charge >= 0.3 is 0 Å². The number of benzene rings is 1. The lowest BCUT2D eigenvalue weighted by molar-refractivity contribution is 0.181. The Bertz CT molecular complexity index is 386. The largest absolute Gasteiger partial charge is 0.380 e. The molecular formula is C14H20FNO. The molecule has 1 saturated carbocycles. The third kappa shape index (κ3) is 2.35. The molecule has 2 N–H and O–H groups in total. The Kier molecular flexibility index (Phi) is 3.79. The Balaban J connectivity index is 2.34. The minimum absolute atomic E-state index is 0.0657. The van der Waals surface area contributed by atoms with Crippen LogP contribution in [0.2, 0.25) is 0 Å². The summed E-state index contributed by atoms with van der Waals surface area (Å²) in [4.78, 5) is 0. The zero-order valence-corrected chi connectivity index (χ0v) is 10.3. The molecule has 0 unspecified atom stereocenters. The molecule has 0 radical (unpaired) electrons. The van der Waals surface area contributed by atoms with Gasteiger partial charge in [0.25, 0.3) is 0 Å². The number of halogens is 1. The van der Waals surface area contributed by atoms with Crippen molar-refractivity contribution in [1.29, 1.82) is 0 Å². The van der Waals surface area contributed by atoms with Crippen LogP contribution in [0.25, 0.3) is 0 Å². The predicted molar refractivity (Wildman–Crippen MR) is 66.3 cm³/mol. The molecule has 17 heavy (non-hydrogen) atoms. The summed E-state index contributed by atoms with van der Waals surface area (Å²) in [7, 11) is 1.58. The number of hydrogen-bond donors (Lipinski definition) is 1. The smallest absolute Gasteiger partial charge is 0.128 e. The molecule has 0 saturated heterocycles. The van der Waals surface area contributed by atoms with Crippen molar-refractivity contribution in [2.45, 2.75) is 37.7 Å².